The van der Waals surface area contributed by atoms with Gasteiger partial charge in [0.05, 0.1) is 6.33 Å². The highest BCUT2D eigenvalue weighted by molar-refractivity contribution is 5.84. The molecular weight excluding hydrogens is 482 g/mol. The summed E-state index contributed by atoms with van der Waals surface area (Å²) in [6.45, 7) is 4.21. The van der Waals surface area contributed by atoms with Crippen LogP contribution in [0.3, 0.4) is 0 Å². The van der Waals surface area contributed by atoms with Crippen molar-refractivity contribution in [3.8, 4) is 0 Å². The largest absolute Gasteiger partial charge is 0.387 e. The molecule has 13 heteroatoms. The molecule has 1 aliphatic heterocycles. The first-order valence-electron chi connectivity index (χ1n) is 11.8. The number of para-hydroxylation sites is 1. The van der Waals surface area contributed by atoms with Gasteiger partial charge in [-0.25, -0.2) is 9.78 Å². The number of amides is 1. The van der Waals surface area contributed by atoms with E-state index >= 15 is 0 Å². The molecule has 0 spiro atoms. The number of nitrogen functional groups attached to an aromatic ring is 1. The molecule has 4 rings (SSSR count). The lowest BCUT2D eigenvalue weighted by Gasteiger charge is -2.28. The van der Waals surface area contributed by atoms with Gasteiger partial charge in [0, 0.05) is 31.3 Å². The summed E-state index contributed by atoms with van der Waals surface area (Å²) in [5, 5.41) is 31.9. The number of nitrogens with zero attached hydrogens (tertiary/aromatic N) is 6. The van der Waals surface area contributed by atoms with E-state index in [9.17, 15) is 24.9 Å². The molecule has 0 aliphatic carbocycles. The Balaban J connectivity index is 1.74. The van der Waals surface area contributed by atoms with E-state index in [-0.39, 0.29) is 29.5 Å². The number of imidazole rings is 1. The van der Waals surface area contributed by atoms with Gasteiger partial charge in [-0.1, -0.05) is 18.2 Å². The number of hydrogen-bond donors (Lipinski definition) is 4. The number of rotatable bonds is 10. The lowest BCUT2D eigenvalue weighted by atomic mass is 10.1. The number of likely N-dealkylation sites (N-methyl/N-ethyl adjacent to an activating group) is 1. The number of ether oxygens (including phenoxy) is 1. The first-order chi connectivity index (χ1) is 17.9. The highest BCUT2D eigenvalue weighted by atomic mass is 16.6. The van der Waals surface area contributed by atoms with Gasteiger partial charge in [0.1, 0.15) is 29.8 Å². The number of fused-ring (bicyclic) bond motifs is 1. The van der Waals surface area contributed by atoms with Crippen molar-refractivity contribution >= 4 is 41.0 Å². The maximum absolute atomic E-state index is 11.3. The Morgan fingerprint density at radius 2 is 1.97 bits per heavy atom. The molecule has 3 heterocycles. The molecule has 37 heavy (non-hydrogen) atoms. The first-order valence-corrected chi connectivity index (χ1v) is 11.8. The number of aromatic nitrogens is 4. The van der Waals surface area contributed by atoms with Crippen molar-refractivity contribution in [3.05, 3.63) is 42.2 Å². The molecule has 0 radical (unpaired) electrons. The number of carbonyl (C=O) groups excluding carboxylic acids is 2. The predicted molar refractivity (Wildman–Crippen MR) is 133 cm³/mol. The molecule has 1 fully saturated rings. The molecule has 2 aromatic heterocycles. The topological polar surface area (TPSA) is 180 Å². The molecule has 3 aromatic rings. The Labute approximate surface area is 212 Å². The smallest absolute Gasteiger partial charge is 0.234 e. The minimum Gasteiger partial charge on any atom is -0.387 e. The number of aliphatic hydroxyl groups is 3. The van der Waals surface area contributed by atoms with Crippen LogP contribution in [0.4, 0.5) is 17.5 Å². The summed E-state index contributed by atoms with van der Waals surface area (Å²) in [6, 6.07) is 7.47. The number of anilines is 3. The van der Waals surface area contributed by atoms with Crippen LogP contribution in [0.15, 0.2) is 36.7 Å². The van der Waals surface area contributed by atoms with E-state index in [2.05, 4.69) is 15.0 Å². The summed E-state index contributed by atoms with van der Waals surface area (Å²) in [4.78, 5) is 38.2. The van der Waals surface area contributed by atoms with Gasteiger partial charge in [-0.2, -0.15) is 9.97 Å². The average Bonchev–Trinajstić information content (AvgIpc) is 3.45. The molecular formula is C24H29N7O6. The van der Waals surface area contributed by atoms with Gasteiger partial charge < -0.3 is 35.6 Å². The van der Waals surface area contributed by atoms with Crippen LogP contribution in [0.5, 0.6) is 0 Å². The van der Waals surface area contributed by atoms with Gasteiger partial charge in [-0.3, -0.25) is 9.36 Å². The van der Waals surface area contributed by atoms with E-state index in [1.165, 1.54) is 17.0 Å². The van der Waals surface area contributed by atoms with E-state index in [0.29, 0.717) is 19.4 Å². The van der Waals surface area contributed by atoms with Crippen molar-refractivity contribution < 1.29 is 29.6 Å². The molecule has 13 nitrogen and oxygen atoms in total. The zero-order valence-electron chi connectivity index (χ0n) is 20.4. The van der Waals surface area contributed by atoms with Gasteiger partial charge in [0.15, 0.2) is 23.9 Å². The summed E-state index contributed by atoms with van der Waals surface area (Å²) >= 11 is 0. The molecule has 1 aromatic carbocycles. The summed E-state index contributed by atoms with van der Waals surface area (Å²) in [5.41, 5.74) is 8.34. The minimum absolute atomic E-state index is 0.0881. The maximum atomic E-state index is 11.3. The number of hydrogen-bond acceptors (Lipinski definition) is 11. The second kappa shape index (κ2) is 11.0. The van der Waals surface area contributed by atoms with Gasteiger partial charge in [0.2, 0.25) is 12.4 Å². The molecule has 1 aliphatic rings. The zero-order chi connectivity index (χ0) is 26.7. The summed E-state index contributed by atoms with van der Waals surface area (Å²) in [7, 11) is 0. The number of nitrogens with two attached hydrogens (primary N) is 1. The predicted octanol–water partition coefficient (Wildman–Crippen LogP) is -0.0873. The summed E-state index contributed by atoms with van der Waals surface area (Å²) < 4.78 is 7.22. The van der Waals surface area contributed by atoms with E-state index in [1.54, 1.807) is 12.9 Å². The molecule has 0 saturated carbocycles. The van der Waals surface area contributed by atoms with E-state index < -0.39 is 30.8 Å². The fourth-order valence-electron chi connectivity index (χ4n) is 4.43. The van der Waals surface area contributed by atoms with E-state index in [0.717, 1.165) is 16.2 Å². The van der Waals surface area contributed by atoms with Crippen molar-refractivity contribution in [1.82, 2.24) is 24.4 Å². The van der Waals surface area contributed by atoms with Crippen LogP contribution >= 0.6 is 0 Å². The van der Waals surface area contributed by atoms with Crippen LogP contribution in [-0.2, 0) is 20.7 Å². The Hall–Kier alpha value is -3.87. The Morgan fingerprint density at radius 1 is 1.22 bits per heavy atom. The third kappa shape index (κ3) is 4.78. The van der Waals surface area contributed by atoms with Gasteiger partial charge in [-0.05, 0) is 25.5 Å². The highest BCUT2D eigenvalue weighted by Crippen LogP contribution is 2.35. The third-order valence-corrected chi connectivity index (χ3v) is 6.37. The fourth-order valence-corrected chi connectivity index (χ4v) is 4.43. The number of carbonyl (C=O) groups is 1. The molecule has 5 atom stereocenters. The summed E-state index contributed by atoms with van der Waals surface area (Å²) in [6.07, 6.45) is -3.33. The van der Waals surface area contributed by atoms with Crippen molar-refractivity contribution in [3.63, 3.8) is 0 Å². The van der Waals surface area contributed by atoms with Crippen molar-refractivity contribution in [2.24, 2.45) is 0 Å². The quantitative estimate of drug-likeness (QED) is 0.162. The number of allylic oxidation sites excluding steroid dienone is 1. The van der Waals surface area contributed by atoms with Crippen LogP contribution in [0, 0.1) is 0 Å². The minimum atomic E-state index is -1.49. The Kier molecular flexibility index (Phi) is 7.81. The second-order valence-corrected chi connectivity index (χ2v) is 8.45. The Morgan fingerprint density at radius 3 is 2.65 bits per heavy atom. The van der Waals surface area contributed by atoms with Crippen molar-refractivity contribution in [1.29, 1.82) is 0 Å². The molecule has 1 amide bonds. The van der Waals surface area contributed by atoms with E-state index in [4.69, 9.17) is 10.5 Å². The normalized spacial score (nSPS) is 22.0. The molecule has 0 bridgehead atoms. The SMILES string of the molecule is CCN(c1nc(N)c2ncn([C@@H]3O[C@H](C(O)N(C=O)CC)[C@@H](O)[C@H]3O)c2n1)c1ccccc1CC=C=O. The fraction of sp³-hybridized carbons (Fsp3) is 0.417. The standard InChI is InChI=1S/C24H29N7O6/c1-3-29(13-33)22(36)19-17(34)18(35)23(37-19)31-12-26-16-20(25)27-24(28-21(16)31)30(4-2)15-10-6-5-8-14(15)9-7-11-32/h5-8,10,12-13,17-19,22-23,34-36H,3-4,9H2,1-2H3,(H2,25,27,28)/t17-,18+,19-,22?,23+/m0/s1. The first kappa shape index (κ1) is 26.2. The van der Waals surface area contributed by atoms with Gasteiger partial charge in [-0.15, -0.1) is 0 Å². The summed E-state index contributed by atoms with van der Waals surface area (Å²) in [5.74, 6) is 2.13. The number of benzene rings is 1. The lowest BCUT2D eigenvalue weighted by molar-refractivity contribution is -0.152. The van der Waals surface area contributed by atoms with Gasteiger partial charge >= 0.3 is 0 Å². The highest BCUT2D eigenvalue weighted by Gasteiger charge is 2.48. The Bertz CT molecular complexity index is 1310. The maximum Gasteiger partial charge on any atom is 0.234 e. The van der Waals surface area contributed by atoms with Crippen LogP contribution in [0.1, 0.15) is 25.6 Å². The monoisotopic (exact) mass is 511 g/mol. The van der Waals surface area contributed by atoms with E-state index in [1.807, 2.05) is 36.1 Å². The zero-order valence-corrected chi connectivity index (χ0v) is 20.4. The van der Waals surface area contributed by atoms with Crippen LogP contribution in [-0.4, -0.2) is 89.7 Å². The van der Waals surface area contributed by atoms with Crippen molar-refractivity contribution in [2.45, 2.75) is 51.0 Å². The number of aliphatic hydroxyl groups excluding tert-OH is 3. The van der Waals surface area contributed by atoms with Crippen LogP contribution in [0.2, 0.25) is 0 Å². The van der Waals surface area contributed by atoms with Crippen molar-refractivity contribution in [2.75, 3.05) is 23.7 Å². The molecule has 5 N–H and O–H groups in total. The van der Waals surface area contributed by atoms with Gasteiger partial charge in [0.25, 0.3) is 0 Å². The molecule has 1 unspecified atom stereocenters. The van der Waals surface area contributed by atoms with Crippen LogP contribution in [0.25, 0.3) is 11.2 Å². The third-order valence-electron chi connectivity index (χ3n) is 6.37. The second-order valence-electron chi connectivity index (χ2n) is 8.45. The lowest BCUT2D eigenvalue weighted by Crippen LogP contribution is -2.48. The van der Waals surface area contributed by atoms with Crippen LogP contribution < -0.4 is 10.6 Å². The molecule has 1 saturated heterocycles. The average molecular weight is 512 g/mol. The molecule has 196 valence electrons.